The van der Waals surface area contributed by atoms with Gasteiger partial charge in [-0.25, -0.2) is 15.0 Å². The molecule has 0 fully saturated rings. The Morgan fingerprint density at radius 2 is 2.33 bits per heavy atom. The van der Waals surface area contributed by atoms with Crippen LogP contribution in [-0.4, -0.2) is 26.0 Å². The number of aliphatic carboxylic acids is 1. The van der Waals surface area contributed by atoms with Crippen LogP contribution in [0, 0.1) is 5.92 Å². The molecule has 1 N–H and O–H groups in total. The molecule has 0 saturated heterocycles. The van der Waals surface area contributed by atoms with Gasteiger partial charge in [0.2, 0.25) is 0 Å². The molecule has 0 amide bonds. The Hall–Kier alpha value is -1.82. The highest BCUT2D eigenvalue weighted by Crippen LogP contribution is 2.25. The molecule has 2 aromatic heterocycles. The van der Waals surface area contributed by atoms with E-state index < -0.39 is 5.97 Å². The first-order chi connectivity index (χ1) is 8.74. The van der Waals surface area contributed by atoms with Crippen LogP contribution >= 0.6 is 11.3 Å². The molecule has 0 radical (unpaired) electrons. The van der Waals surface area contributed by atoms with E-state index in [1.807, 2.05) is 5.38 Å². The van der Waals surface area contributed by atoms with E-state index in [1.165, 1.54) is 11.3 Å². The van der Waals surface area contributed by atoms with Crippen LogP contribution in [0.3, 0.4) is 0 Å². The first kappa shape index (κ1) is 11.3. The Morgan fingerprint density at radius 3 is 3.06 bits per heavy atom. The van der Waals surface area contributed by atoms with Gasteiger partial charge >= 0.3 is 5.97 Å². The monoisotopic (exact) mass is 261 g/mol. The largest absolute Gasteiger partial charge is 0.481 e. The molecule has 0 aromatic carbocycles. The standard InChI is InChI=1S/C12H11N3O2S/c16-12(17)7-1-2-9-8(3-7)4-13-11(15-9)10-5-18-6-14-10/h4-7H,1-3H2,(H,16,17). The number of carbonyl (C=O) groups is 1. The van der Waals surface area contributed by atoms with Crippen molar-refractivity contribution in [2.45, 2.75) is 19.3 Å². The molecular weight excluding hydrogens is 250 g/mol. The molecule has 1 atom stereocenters. The summed E-state index contributed by atoms with van der Waals surface area (Å²) in [5.74, 6) is -0.403. The molecule has 2 heterocycles. The quantitative estimate of drug-likeness (QED) is 0.891. The maximum Gasteiger partial charge on any atom is 0.306 e. The fraction of sp³-hybridized carbons (Fsp3) is 0.333. The van der Waals surface area contributed by atoms with Gasteiger partial charge in [0.1, 0.15) is 5.69 Å². The van der Waals surface area contributed by atoms with Gasteiger partial charge < -0.3 is 5.11 Å². The lowest BCUT2D eigenvalue weighted by Gasteiger charge is -2.20. The molecule has 5 nitrogen and oxygen atoms in total. The van der Waals surface area contributed by atoms with Crippen molar-refractivity contribution in [3.8, 4) is 11.5 Å². The SMILES string of the molecule is O=C(O)C1CCc2nc(-c3cscn3)ncc2C1. The minimum Gasteiger partial charge on any atom is -0.481 e. The van der Waals surface area contributed by atoms with E-state index in [0.717, 1.165) is 17.0 Å². The molecule has 1 unspecified atom stereocenters. The van der Waals surface area contributed by atoms with Gasteiger partial charge in [0, 0.05) is 17.3 Å². The van der Waals surface area contributed by atoms with E-state index >= 15 is 0 Å². The molecule has 0 bridgehead atoms. The van der Waals surface area contributed by atoms with E-state index in [1.54, 1.807) is 11.7 Å². The number of thiazole rings is 1. The number of aryl methyl sites for hydroxylation is 1. The Kier molecular flexibility index (Phi) is 2.79. The second-order valence-corrected chi connectivity index (χ2v) is 5.04. The fourth-order valence-corrected chi connectivity index (χ4v) is 2.70. The molecule has 6 heteroatoms. The smallest absolute Gasteiger partial charge is 0.306 e. The lowest BCUT2D eigenvalue weighted by molar-refractivity contribution is -0.142. The Morgan fingerprint density at radius 1 is 1.44 bits per heavy atom. The second-order valence-electron chi connectivity index (χ2n) is 4.32. The molecule has 2 aromatic rings. The maximum atomic E-state index is 11.0. The summed E-state index contributed by atoms with van der Waals surface area (Å²) in [6, 6.07) is 0. The highest BCUT2D eigenvalue weighted by molar-refractivity contribution is 7.07. The topological polar surface area (TPSA) is 76.0 Å². The van der Waals surface area contributed by atoms with Crippen LogP contribution in [0.5, 0.6) is 0 Å². The molecule has 0 saturated carbocycles. The Bertz CT molecular complexity index is 583. The van der Waals surface area contributed by atoms with E-state index in [-0.39, 0.29) is 5.92 Å². The van der Waals surface area contributed by atoms with E-state index in [9.17, 15) is 4.79 Å². The number of nitrogens with zero attached hydrogens (tertiary/aromatic N) is 3. The van der Waals surface area contributed by atoms with Crippen molar-refractivity contribution in [2.24, 2.45) is 5.92 Å². The minimum atomic E-state index is -0.732. The fourth-order valence-electron chi connectivity index (χ4n) is 2.16. The molecule has 0 aliphatic heterocycles. The third-order valence-corrected chi connectivity index (χ3v) is 3.75. The van der Waals surface area contributed by atoms with E-state index in [0.29, 0.717) is 25.1 Å². The summed E-state index contributed by atoms with van der Waals surface area (Å²) in [6.07, 6.45) is 3.62. The van der Waals surface area contributed by atoms with Crippen LogP contribution < -0.4 is 0 Å². The van der Waals surface area contributed by atoms with Crippen LogP contribution in [0.1, 0.15) is 17.7 Å². The first-order valence-electron chi connectivity index (χ1n) is 5.70. The lowest BCUT2D eigenvalue weighted by Crippen LogP contribution is -2.23. The zero-order chi connectivity index (χ0) is 12.5. The summed E-state index contributed by atoms with van der Waals surface area (Å²) < 4.78 is 0. The molecule has 0 spiro atoms. The maximum absolute atomic E-state index is 11.0. The number of rotatable bonds is 2. The summed E-state index contributed by atoms with van der Waals surface area (Å²) in [4.78, 5) is 23.9. The van der Waals surface area contributed by atoms with Crippen molar-refractivity contribution >= 4 is 17.3 Å². The average molecular weight is 261 g/mol. The highest BCUT2D eigenvalue weighted by atomic mass is 32.1. The van der Waals surface area contributed by atoms with E-state index in [4.69, 9.17) is 5.11 Å². The normalized spacial score (nSPS) is 18.3. The predicted octanol–water partition coefficient (Wildman–Crippen LogP) is 1.79. The minimum absolute atomic E-state index is 0.300. The van der Waals surface area contributed by atoms with E-state index in [2.05, 4.69) is 15.0 Å². The van der Waals surface area contributed by atoms with Gasteiger partial charge in [-0.3, -0.25) is 4.79 Å². The second kappa shape index (κ2) is 4.45. The molecular formula is C12H11N3O2S. The van der Waals surface area contributed by atoms with Crippen LogP contribution in [0.2, 0.25) is 0 Å². The molecule has 3 rings (SSSR count). The number of carboxylic acid groups (broad SMARTS) is 1. The summed E-state index contributed by atoms with van der Waals surface area (Å²) in [6.45, 7) is 0. The Balaban J connectivity index is 1.92. The summed E-state index contributed by atoms with van der Waals surface area (Å²) in [5.41, 5.74) is 4.44. The highest BCUT2D eigenvalue weighted by Gasteiger charge is 2.25. The summed E-state index contributed by atoms with van der Waals surface area (Å²) in [7, 11) is 0. The van der Waals surface area contributed by atoms with Crippen molar-refractivity contribution in [1.82, 2.24) is 15.0 Å². The first-order valence-corrected chi connectivity index (χ1v) is 6.64. The Labute approximate surface area is 108 Å². The van der Waals surface area contributed by atoms with Gasteiger partial charge in [-0.2, -0.15) is 0 Å². The van der Waals surface area contributed by atoms with Crippen LogP contribution in [0.25, 0.3) is 11.5 Å². The third-order valence-electron chi connectivity index (χ3n) is 3.16. The summed E-state index contributed by atoms with van der Waals surface area (Å²) in [5, 5.41) is 10.9. The van der Waals surface area contributed by atoms with Crippen LogP contribution in [0.4, 0.5) is 0 Å². The average Bonchev–Trinajstić information content (AvgIpc) is 2.91. The van der Waals surface area contributed by atoms with Gasteiger partial charge in [-0.1, -0.05) is 0 Å². The van der Waals surface area contributed by atoms with Gasteiger partial charge in [0.15, 0.2) is 5.82 Å². The van der Waals surface area contributed by atoms with Gasteiger partial charge in [-0.05, 0) is 24.8 Å². The number of hydrogen-bond donors (Lipinski definition) is 1. The molecule has 92 valence electrons. The third kappa shape index (κ3) is 1.99. The van der Waals surface area contributed by atoms with Gasteiger partial charge in [0.25, 0.3) is 0 Å². The zero-order valence-electron chi connectivity index (χ0n) is 9.54. The van der Waals surface area contributed by atoms with Crippen molar-refractivity contribution in [2.75, 3.05) is 0 Å². The number of aromatic nitrogens is 3. The molecule has 18 heavy (non-hydrogen) atoms. The number of carboxylic acids is 1. The van der Waals surface area contributed by atoms with Gasteiger partial charge in [-0.15, -0.1) is 11.3 Å². The van der Waals surface area contributed by atoms with Crippen molar-refractivity contribution in [3.63, 3.8) is 0 Å². The van der Waals surface area contributed by atoms with Crippen molar-refractivity contribution < 1.29 is 9.90 Å². The number of hydrogen-bond acceptors (Lipinski definition) is 5. The summed E-state index contributed by atoms with van der Waals surface area (Å²) >= 11 is 1.51. The van der Waals surface area contributed by atoms with Crippen molar-refractivity contribution in [1.29, 1.82) is 0 Å². The molecule has 1 aliphatic rings. The lowest BCUT2D eigenvalue weighted by atomic mass is 9.87. The zero-order valence-corrected chi connectivity index (χ0v) is 10.4. The van der Waals surface area contributed by atoms with Crippen molar-refractivity contribution in [3.05, 3.63) is 28.3 Å². The predicted molar refractivity (Wildman–Crippen MR) is 66.3 cm³/mol. The number of fused-ring (bicyclic) bond motifs is 1. The molecule has 1 aliphatic carbocycles. The van der Waals surface area contributed by atoms with Gasteiger partial charge in [0.05, 0.1) is 11.4 Å². The van der Waals surface area contributed by atoms with Crippen LogP contribution in [-0.2, 0) is 17.6 Å². The van der Waals surface area contributed by atoms with Crippen LogP contribution in [0.15, 0.2) is 17.1 Å².